The number of hydrogen-bond acceptors (Lipinski definition) is 0. The number of nitrogens with zero attached hydrogens (tertiary/aromatic N) is 2. The Kier molecular flexibility index (Phi) is 2.41. The van der Waals surface area contributed by atoms with Crippen molar-refractivity contribution in [2.45, 2.75) is 0 Å². The maximum absolute atomic E-state index is 9.70. The lowest BCUT2D eigenvalue weighted by Crippen LogP contribution is -1.96. The molecule has 178 valence electrons. The lowest BCUT2D eigenvalue weighted by molar-refractivity contribution is 1.17. The molecule has 0 fully saturated rings. The summed E-state index contributed by atoms with van der Waals surface area (Å²) in [4.78, 5) is 0. The summed E-state index contributed by atoms with van der Waals surface area (Å²) in [5, 5.41) is -0.846. The molecule has 8 rings (SSSR count). The Morgan fingerprint density at radius 2 is 0.947 bits per heavy atom. The zero-order chi connectivity index (χ0) is 38.1. The first kappa shape index (κ1) is 11.1. The molecule has 0 spiro atoms. The van der Waals surface area contributed by atoms with Crippen molar-refractivity contribution in [3.8, 4) is 22.5 Å². The van der Waals surface area contributed by atoms with Crippen molar-refractivity contribution < 1.29 is 20.6 Å². The van der Waals surface area contributed by atoms with E-state index in [9.17, 15) is 4.11 Å². The van der Waals surface area contributed by atoms with Crippen molar-refractivity contribution in [2.75, 3.05) is 0 Å². The van der Waals surface area contributed by atoms with Crippen LogP contribution in [-0.4, -0.2) is 9.13 Å². The minimum Gasteiger partial charge on any atom is -0.309 e. The largest absolute Gasteiger partial charge is 0.309 e. The van der Waals surface area contributed by atoms with Crippen molar-refractivity contribution in [1.29, 1.82) is 0 Å². The summed E-state index contributed by atoms with van der Waals surface area (Å²) in [6.45, 7) is 0. The van der Waals surface area contributed by atoms with Crippen molar-refractivity contribution in [1.82, 2.24) is 9.13 Å². The van der Waals surface area contributed by atoms with Gasteiger partial charge < -0.3 is 9.13 Å². The Hall–Kier alpha value is -5.08. The first-order valence-corrected chi connectivity index (χ1v) is 11.8. The fourth-order valence-electron chi connectivity index (χ4n) is 4.97. The van der Waals surface area contributed by atoms with E-state index in [0.717, 1.165) is 15.7 Å². The van der Waals surface area contributed by atoms with Crippen molar-refractivity contribution >= 4 is 43.6 Å². The number of para-hydroxylation sites is 3. The van der Waals surface area contributed by atoms with E-state index in [1.807, 2.05) is 36.4 Å². The molecule has 38 heavy (non-hydrogen) atoms. The maximum atomic E-state index is 9.70. The lowest BCUT2D eigenvalue weighted by Gasteiger charge is -2.11. The second kappa shape index (κ2) is 8.22. The van der Waals surface area contributed by atoms with E-state index in [0.29, 0.717) is 5.69 Å². The van der Waals surface area contributed by atoms with E-state index in [2.05, 4.69) is 0 Å². The molecular weight excluding hydrogens is 460 g/mol. The molecule has 0 radical (unpaired) electrons. The molecule has 0 N–H and O–H groups in total. The molecule has 0 atom stereocenters. The zero-order valence-corrected chi connectivity index (χ0v) is 19.6. The van der Waals surface area contributed by atoms with Crippen LogP contribution in [0.1, 0.15) is 20.6 Å². The molecule has 0 unspecified atom stereocenters. The molecule has 0 saturated heterocycles. The lowest BCUT2D eigenvalue weighted by atomic mass is 10.1. The van der Waals surface area contributed by atoms with Gasteiger partial charge >= 0.3 is 0 Å². The van der Waals surface area contributed by atoms with E-state index in [1.54, 1.807) is 18.2 Å². The molecule has 2 heterocycles. The molecule has 2 heteroatoms. The summed E-state index contributed by atoms with van der Waals surface area (Å²) in [7, 11) is 0. The molecule has 2 aromatic heterocycles. The summed E-state index contributed by atoms with van der Waals surface area (Å²) in [5.74, 6) is 0. The fraction of sp³-hybridized carbons (Fsp3) is 0. The second-order valence-electron chi connectivity index (χ2n) is 8.71. The van der Waals surface area contributed by atoms with E-state index in [4.69, 9.17) is 16.4 Å². The van der Waals surface area contributed by atoms with Crippen LogP contribution in [-0.2, 0) is 0 Å². The highest BCUT2D eigenvalue weighted by Gasteiger charge is 2.16. The first-order chi connectivity index (χ1) is 25.1. The maximum Gasteiger partial charge on any atom is 0.0652 e. The number of aromatic nitrogens is 2. The minimum absolute atomic E-state index is 0.0687. The average Bonchev–Trinajstić information content (AvgIpc) is 3.71. The Balaban J connectivity index is 1.64. The van der Waals surface area contributed by atoms with Crippen LogP contribution in [0.4, 0.5) is 0 Å². The van der Waals surface area contributed by atoms with E-state index in [-0.39, 0.29) is 43.6 Å². The van der Waals surface area contributed by atoms with Crippen LogP contribution in [0.3, 0.4) is 0 Å². The van der Waals surface area contributed by atoms with Gasteiger partial charge in [0.25, 0.3) is 0 Å². The molecule has 6 aromatic carbocycles. The smallest absolute Gasteiger partial charge is 0.0652 e. The van der Waals surface area contributed by atoms with Crippen LogP contribution in [0.5, 0.6) is 0 Å². The number of rotatable bonds is 3. The number of benzene rings is 6. The summed E-state index contributed by atoms with van der Waals surface area (Å²) < 4.78 is 135. The summed E-state index contributed by atoms with van der Waals surface area (Å²) >= 11 is 0. The molecule has 0 amide bonds. The van der Waals surface area contributed by atoms with Gasteiger partial charge in [0.2, 0.25) is 0 Å². The van der Waals surface area contributed by atoms with E-state index in [1.165, 1.54) is 4.57 Å². The average molecular weight is 500 g/mol. The first-order valence-electron chi connectivity index (χ1n) is 19.3. The van der Waals surface area contributed by atoms with Crippen LogP contribution in [0.25, 0.3) is 66.1 Å². The Morgan fingerprint density at radius 1 is 0.421 bits per heavy atom. The molecule has 0 aliphatic carbocycles. The van der Waals surface area contributed by atoms with Crippen molar-refractivity contribution in [2.24, 2.45) is 0 Å². The molecular formula is C36H24N2. The van der Waals surface area contributed by atoms with Gasteiger partial charge in [-0.05, 0) is 59.5 Å². The normalized spacial score (nSPS) is 17.2. The standard InChI is InChI=1S/C36H24N2/c1-2-11-25(12-3-1)26-13-10-14-27(23-26)37-35-20-9-6-17-31(35)32-24-28(21-22-36(32)37)38-33-18-7-4-15-29(33)30-16-5-8-19-34(30)38/h1-24H/i4D,5D,6D,7D,8D,9D,15D,16D,17D,18D,19D,20D,21D,22D,24D. The van der Waals surface area contributed by atoms with Gasteiger partial charge in [0.15, 0.2) is 0 Å². The van der Waals surface area contributed by atoms with Gasteiger partial charge in [0.1, 0.15) is 0 Å². The van der Waals surface area contributed by atoms with Gasteiger partial charge in [0.05, 0.1) is 42.6 Å². The fourth-order valence-corrected chi connectivity index (χ4v) is 4.97. The van der Waals surface area contributed by atoms with Gasteiger partial charge in [-0.2, -0.15) is 0 Å². The number of hydrogen-bond donors (Lipinski definition) is 0. The zero-order valence-electron chi connectivity index (χ0n) is 34.6. The third-order valence-electron chi connectivity index (χ3n) is 6.61. The highest BCUT2D eigenvalue weighted by atomic mass is 15.0. The van der Waals surface area contributed by atoms with Gasteiger partial charge in [-0.1, -0.05) is 96.8 Å². The Bertz CT molecular complexity index is 2870. The van der Waals surface area contributed by atoms with Gasteiger partial charge in [0, 0.05) is 32.9 Å². The summed E-state index contributed by atoms with van der Waals surface area (Å²) in [5.41, 5.74) is 0.626. The minimum atomic E-state index is -0.698. The van der Waals surface area contributed by atoms with Crippen LogP contribution >= 0.6 is 0 Å². The van der Waals surface area contributed by atoms with Crippen LogP contribution in [0.15, 0.2) is 145 Å². The monoisotopic (exact) mass is 499 g/mol. The summed E-state index contributed by atoms with van der Waals surface area (Å²) in [6.07, 6.45) is 0. The highest BCUT2D eigenvalue weighted by molar-refractivity contribution is 6.12. The molecule has 2 nitrogen and oxygen atoms in total. The molecule has 0 bridgehead atoms. The third-order valence-corrected chi connectivity index (χ3v) is 6.61. The van der Waals surface area contributed by atoms with Crippen LogP contribution in [0, 0.1) is 0 Å². The SMILES string of the molecule is [2H]c1c([2H])c([2H])c2c(c1[2H])c1c([2H])c(-n3c4c([2H])c([2H])c([2H])c([2H])c4c4c([2H])c([2H])c([2H])c([2H])c43)c([2H])c([2H])c1n2-c1cccc(-c2ccccc2)c1. The van der Waals surface area contributed by atoms with Gasteiger partial charge in [-0.3, -0.25) is 0 Å². The molecule has 8 aromatic rings. The molecule has 0 aliphatic rings. The van der Waals surface area contributed by atoms with Gasteiger partial charge in [-0.25, -0.2) is 0 Å². The summed E-state index contributed by atoms with van der Waals surface area (Å²) in [6, 6.07) is 7.20. The van der Waals surface area contributed by atoms with Crippen molar-refractivity contribution in [3.63, 3.8) is 0 Å². The molecule has 0 aliphatic heterocycles. The third kappa shape index (κ3) is 3.07. The van der Waals surface area contributed by atoms with Crippen molar-refractivity contribution in [3.05, 3.63) is 145 Å². The quantitative estimate of drug-likeness (QED) is 0.229. The number of fused-ring (bicyclic) bond motifs is 6. The topological polar surface area (TPSA) is 9.86 Å². The van der Waals surface area contributed by atoms with E-state index < -0.39 is 96.3 Å². The highest BCUT2D eigenvalue weighted by Crippen LogP contribution is 2.37. The van der Waals surface area contributed by atoms with Gasteiger partial charge in [-0.15, -0.1) is 0 Å². The van der Waals surface area contributed by atoms with Crippen LogP contribution < -0.4 is 0 Å². The predicted octanol–water partition coefficient (Wildman–Crippen LogP) is 9.55. The van der Waals surface area contributed by atoms with Crippen LogP contribution in [0.2, 0.25) is 0 Å². The molecule has 0 saturated carbocycles. The Labute approximate surface area is 241 Å². The predicted molar refractivity (Wildman–Crippen MR) is 161 cm³/mol. The van der Waals surface area contributed by atoms with E-state index >= 15 is 0 Å². The Morgan fingerprint density at radius 3 is 1.61 bits per heavy atom. The second-order valence-corrected chi connectivity index (χ2v) is 8.71.